The molecule has 148 valence electrons. The van der Waals surface area contributed by atoms with E-state index in [-0.39, 0.29) is 11.0 Å². The molecule has 5 nitrogen and oxygen atoms in total. The lowest BCUT2D eigenvalue weighted by molar-refractivity contribution is -0.144. The average Bonchev–Trinajstić information content (AvgIpc) is 2.54. The zero-order valence-corrected chi connectivity index (χ0v) is 17.9. The van der Waals surface area contributed by atoms with E-state index in [0.717, 1.165) is 22.3 Å². The van der Waals surface area contributed by atoms with Gasteiger partial charge in [0.1, 0.15) is 0 Å². The van der Waals surface area contributed by atoms with Crippen molar-refractivity contribution >= 4 is 17.5 Å². The number of esters is 2. The Bertz CT molecular complexity index is 742. The summed E-state index contributed by atoms with van der Waals surface area (Å²) in [5.74, 6) is -1.45. The van der Waals surface area contributed by atoms with Gasteiger partial charge in [-0.3, -0.25) is 0 Å². The third kappa shape index (κ3) is 5.71. The van der Waals surface area contributed by atoms with Crippen molar-refractivity contribution in [2.45, 2.75) is 34.6 Å². The molecule has 1 rings (SSSR count). The summed E-state index contributed by atoms with van der Waals surface area (Å²) in [6.45, 7) is 10.4. The number of ether oxygens (including phenoxy) is 2. The van der Waals surface area contributed by atoms with E-state index in [4.69, 9.17) is 9.47 Å². The standard InChI is InChI=1S/C22H31NO4/c1-14-10-15(2)12-16(11-14)17(22(3,4)5)13-18(23(6)7)19(20(24)26-8)21(25)27-9/h10-13H,1-9H3/b17-13+. The van der Waals surface area contributed by atoms with Crippen molar-refractivity contribution in [2.75, 3.05) is 28.3 Å². The Hall–Kier alpha value is -2.56. The van der Waals surface area contributed by atoms with E-state index in [9.17, 15) is 9.59 Å². The minimum absolute atomic E-state index is 0.129. The van der Waals surface area contributed by atoms with Crippen molar-refractivity contribution in [1.29, 1.82) is 0 Å². The van der Waals surface area contributed by atoms with Crippen LogP contribution in [0.25, 0.3) is 5.57 Å². The van der Waals surface area contributed by atoms with Crippen LogP contribution in [0.4, 0.5) is 0 Å². The van der Waals surface area contributed by atoms with Crippen LogP contribution in [0.1, 0.15) is 37.5 Å². The number of hydrogen-bond acceptors (Lipinski definition) is 5. The SMILES string of the molecule is COC(=O)C(C(=O)OC)=C(/C=C(\c1cc(C)cc(C)c1)C(C)(C)C)N(C)C. The summed E-state index contributed by atoms with van der Waals surface area (Å²) < 4.78 is 9.65. The second-order valence-electron chi connectivity index (χ2n) is 7.82. The molecule has 0 amide bonds. The molecule has 0 saturated heterocycles. The Morgan fingerprint density at radius 1 is 0.926 bits per heavy atom. The molecular weight excluding hydrogens is 342 g/mol. The van der Waals surface area contributed by atoms with Crippen molar-refractivity contribution < 1.29 is 19.1 Å². The number of carbonyl (C=O) groups excluding carboxylic acids is 2. The molecule has 0 aliphatic heterocycles. The summed E-state index contributed by atoms with van der Waals surface area (Å²) in [5, 5.41) is 0. The summed E-state index contributed by atoms with van der Waals surface area (Å²) in [7, 11) is 6.05. The molecule has 0 N–H and O–H groups in total. The lowest BCUT2D eigenvalue weighted by Crippen LogP contribution is -2.24. The van der Waals surface area contributed by atoms with E-state index in [2.05, 4.69) is 39.0 Å². The van der Waals surface area contributed by atoms with Crippen molar-refractivity contribution in [3.8, 4) is 0 Å². The van der Waals surface area contributed by atoms with Gasteiger partial charge in [-0.25, -0.2) is 9.59 Å². The zero-order valence-electron chi connectivity index (χ0n) is 17.9. The van der Waals surface area contributed by atoms with Gasteiger partial charge in [0, 0.05) is 14.1 Å². The molecule has 0 fully saturated rings. The average molecular weight is 373 g/mol. The zero-order chi connectivity index (χ0) is 20.9. The molecule has 1 aromatic carbocycles. The molecule has 0 spiro atoms. The Morgan fingerprint density at radius 3 is 1.70 bits per heavy atom. The minimum atomic E-state index is -0.726. The lowest BCUT2D eigenvalue weighted by Gasteiger charge is -2.27. The quantitative estimate of drug-likeness (QED) is 0.258. The molecule has 0 aliphatic carbocycles. The highest BCUT2D eigenvalue weighted by Gasteiger charge is 2.27. The molecule has 27 heavy (non-hydrogen) atoms. The maximum absolute atomic E-state index is 12.3. The number of allylic oxidation sites excluding steroid dienone is 2. The van der Waals surface area contributed by atoms with E-state index < -0.39 is 11.9 Å². The minimum Gasteiger partial charge on any atom is -0.465 e. The first-order chi connectivity index (χ1) is 12.4. The number of carbonyl (C=O) groups is 2. The van der Waals surface area contributed by atoms with Gasteiger partial charge in [-0.1, -0.05) is 50.1 Å². The molecule has 1 aromatic rings. The third-order valence-electron chi connectivity index (χ3n) is 4.14. The maximum atomic E-state index is 12.3. The van der Waals surface area contributed by atoms with Crippen LogP contribution in [0.3, 0.4) is 0 Å². The van der Waals surface area contributed by atoms with Crippen LogP contribution >= 0.6 is 0 Å². The van der Waals surface area contributed by atoms with Crippen LogP contribution in [0.5, 0.6) is 0 Å². The van der Waals surface area contributed by atoms with Gasteiger partial charge in [-0.2, -0.15) is 0 Å². The van der Waals surface area contributed by atoms with Crippen LogP contribution in [-0.2, 0) is 19.1 Å². The number of aryl methyl sites for hydroxylation is 2. The Balaban J connectivity index is 3.86. The molecule has 0 heterocycles. The van der Waals surface area contributed by atoms with Gasteiger partial charge in [-0.15, -0.1) is 0 Å². The van der Waals surface area contributed by atoms with Crippen molar-refractivity contribution in [3.05, 3.63) is 52.2 Å². The summed E-state index contributed by atoms with van der Waals surface area (Å²) in [5.41, 5.74) is 4.44. The number of likely N-dealkylation sites (N-methyl/N-ethyl adjacent to an activating group) is 1. The number of rotatable bonds is 5. The van der Waals surface area contributed by atoms with E-state index in [1.165, 1.54) is 14.2 Å². The normalized spacial score (nSPS) is 11.7. The van der Waals surface area contributed by atoms with Gasteiger partial charge in [0.2, 0.25) is 0 Å². The van der Waals surface area contributed by atoms with Gasteiger partial charge < -0.3 is 14.4 Å². The van der Waals surface area contributed by atoms with Gasteiger partial charge in [0.15, 0.2) is 5.57 Å². The number of methoxy groups -OCH3 is 2. The Labute approximate surface area is 162 Å². The first kappa shape index (κ1) is 22.5. The predicted molar refractivity (Wildman–Crippen MR) is 108 cm³/mol. The highest BCUT2D eigenvalue weighted by molar-refractivity contribution is 6.15. The smallest absolute Gasteiger partial charge is 0.347 e. The molecule has 5 heteroatoms. The fraction of sp³-hybridized carbons (Fsp3) is 0.455. The van der Waals surface area contributed by atoms with Crippen LogP contribution in [0, 0.1) is 19.3 Å². The maximum Gasteiger partial charge on any atom is 0.347 e. The number of hydrogen-bond donors (Lipinski definition) is 0. The van der Waals surface area contributed by atoms with Crippen molar-refractivity contribution in [1.82, 2.24) is 4.90 Å². The highest BCUT2D eigenvalue weighted by atomic mass is 16.5. The first-order valence-electron chi connectivity index (χ1n) is 8.81. The predicted octanol–water partition coefficient (Wildman–Crippen LogP) is 3.89. The summed E-state index contributed by atoms with van der Waals surface area (Å²) in [4.78, 5) is 26.3. The summed E-state index contributed by atoms with van der Waals surface area (Å²) >= 11 is 0. The lowest BCUT2D eigenvalue weighted by atomic mass is 9.80. The van der Waals surface area contributed by atoms with Gasteiger partial charge in [0.25, 0.3) is 0 Å². The van der Waals surface area contributed by atoms with E-state index in [0.29, 0.717) is 5.70 Å². The molecule has 0 aromatic heterocycles. The van der Waals surface area contributed by atoms with Gasteiger partial charge in [0.05, 0.1) is 19.9 Å². The largest absolute Gasteiger partial charge is 0.465 e. The highest BCUT2D eigenvalue weighted by Crippen LogP contribution is 2.36. The van der Waals surface area contributed by atoms with E-state index in [1.54, 1.807) is 19.0 Å². The summed E-state index contributed by atoms with van der Waals surface area (Å²) in [6, 6.07) is 6.32. The molecule has 0 unspecified atom stereocenters. The monoisotopic (exact) mass is 373 g/mol. The number of benzene rings is 1. The third-order valence-corrected chi connectivity index (χ3v) is 4.14. The second kappa shape index (κ2) is 8.89. The first-order valence-corrected chi connectivity index (χ1v) is 8.81. The van der Waals surface area contributed by atoms with Crippen molar-refractivity contribution in [3.63, 3.8) is 0 Å². The fourth-order valence-corrected chi connectivity index (χ4v) is 2.92. The topological polar surface area (TPSA) is 55.8 Å². The van der Waals surface area contributed by atoms with Crippen LogP contribution < -0.4 is 0 Å². The molecule has 0 aliphatic rings. The molecule has 0 atom stereocenters. The van der Waals surface area contributed by atoms with Crippen LogP contribution in [-0.4, -0.2) is 45.2 Å². The Morgan fingerprint density at radius 2 is 1.37 bits per heavy atom. The number of nitrogens with zero attached hydrogens (tertiary/aromatic N) is 1. The fourth-order valence-electron chi connectivity index (χ4n) is 2.92. The second-order valence-corrected chi connectivity index (χ2v) is 7.82. The van der Waals surface area contributed by atoms with Gasteiger partial charge >= 0.3 is 11.9 Å². The van der Waals surface area contributed by atoms with Crippen LogP contribution in [0.2, 0.25) is 0 Å². The van der Waals surface area contributed by atoms with Crippen molar-refractivity contribution in [2.24, 2.45) is 5.41 Å². The van der Waals surface area contributed by atoms with E-state index >= 15 is 0 Å². The molecule has 0 radical (unpaired) electrons. The molecule has 0 bridgehead atoms. The Kier molecular flexibility index (Phi) is 7.40. The van der Waals surface area contributed by atoms with E-state index in [1.807, 2.05) is 19.9 Å². The van der Waals surface area contributed by atoms with Gasteiger partial charge in [-0.05, 0) is 36.5 Å². The molecule has 0 saturated carbocycles. The van der Waals surface area contributed by atoms with Crippen LogP contribution in [0.15, 0.2) is 35.5 Å². The molecular formula is C22H31NO4. The summed E-state index contributed by atoms with van der Waals surface area (Å²) in [6.07, 6.45) is 1.87.